The van der Waals surface area contributed by atoms with Crippen LogP contribution in [0.5, 0.6) is 0 Å². The molecule has 3 N–H and O–H groups in total. The molecular weight excluding hydrogens is 689 g/mol. The smallest absolute Gasteiger partial charge is 0.436 e. The van der Waals surface area contributed by atoms with Gasteiger partial charge in [-0.1, -0.05) is 59.4 Å². The van der Waals surface area contributed by atoms with Crippen LogP contribution in [-0.4, -0.2) is 50.6 Å². The van der Waals surface area contributed by atoms with Gasteiger partial charge in [0.2, 0.25) is 0 Å². The van der Waals surface area contributed by atoms with Gasteiger partial charge in [0, 0.05) is 29.5 Å². The second-order valence-electron chi connectivity index (χ2n) is 15.0. The lowest BCUT2D eigenvalue weighted by Crippen LogP contribution is -2.48. The normalized spacial score (nSPS) is 13.9. The first kappa shape index (κ1) is 38.9. The summed E-state index contributed by atoms with van der Waals surface area (Å²) in [6, 6.07) is 23.4. The predicted molar refractivity (Wildman–Crippen MR) is 194 cm³/mol. The summed E-state index contributed by atoms with van der Waals surface area (Å²) in [5, 5.41) is 12.4. The number of hydrogen-bond acceptors (Lipinski definition) is 7. The van der Waals surface area contributed by atoms with Crippen molar-refractivity contribution in [3.05, 3.63) is 113 Å². The molecule has 1 aromatic heterocycles. The minimum Gasteiger partial charge on any atom is -0.444 e. The number of nitrogens with one attached hydrogen (secondary N) is 3. The van der Waals surface area contributed by atoms with Gasteiger partial charge in [-0.15, -0.1) is 5.10 Å². The Labute approximate surface area is 306 Å². The van der Waals surface area contributed by atoms with Crippen molar-refractivity contribution in [1.29, 1.82) is 0 Å². The van der Waals surface area contributed by atoms with Crippen molar-refractivity contribution in [3.63, 3.8) is 0 Å². The quantitative estimate of drug-likeness (QED) is 0.141. The average molecular weight is 735 g/mol. The molecule has 1 atom stereocenters. The Kier molecular flexibility index (Phi) is 11.5. The Bertz CT molecular complexity index is 1900. The molecule has 0 saturated heterocycles. The number of rotatable bonds is 11. The molecule has 1 fully saturated rings. The molecule has 1 heterocycles. The van der Waals surface area contributed by atoms with Gasteiger partial charge in [0.25, 0.3) is 5.91 Å². The lowest BCUT2D eigenvalue weighted by molar-refractivity contribution is -0.142. The SMILES string of the molecule is CC(C)(C)OC(=O)Nc1ccc(C(NCC2CC2)c2cccc(NC(=O)c3cc(C(F)(F)F)nn3OC(=O)N(Cc3ccccc3)C(C)(C)C)c2)cc1. The molecule has 0 radical (unpaired) electrons. The fraction of sp³-hybridized carbons (Fsp3) is 0.385. The highest BCUT2D eigenvalue weighted by Crippen LogP contribution is 2.32. The maximum absolute atomic E-state index is 13.8. The zero-order valence-electron chi connectivity index (χ0n) is 30.6. The Morgan fingerprint density at radius 2 is 1.53 bits per heavy atom. The van der Waals surface area contributed by atoms with Crippen molar-refractivity contribution in [1.82, 2.24) is 20.2 Å². The van der Waals surface area contributed by atoms with E-state index >= 15 is 0 Å². The third-order valence-corrected chi connectivity index (χ3v) is 8.25. The minimum absolute atomic E-state index is 0.101. The molecule has 0 bridgehead atoms. The zero-order valence-corrected chi connectivity index (χ0v) is 30.6. The lowest BCUT2D eigenvalue weighted by atomic mass is 9.97. The van der Waals surface area contributed by atoms with Gasteiger partial charge >= 0.3 is 18.4 Å². The molecule has 1 unspecified atom stereocenters. The van der Waals surface area contributed by atoms with Crippen LogP contribution in [0.25, 0.3) is 0 Å². The molecular formula is C39H45F3N6O5. The van der Waals surface area contributed by atoms with Gasteiger partial charge in [-0.3, -0.25) is 19.8 Å². The molecule has 5 rings (SSSR count). The number of ether oxygens (including phenoxy) is 1. The third-order valence-electron chi connectivity index (χ3n) is 8.25. The van der Waals surface area contributed by atoms with Crippen LogP contribution in [0, 0.1) is 5.92 Å². The molecule has 53 heavy (non-hydrogen) atoms. The Hall–Kier alpha value is -5.37. The Balaban J connectivity index is 1.37. The first-order valence-corrected chi connectivity index (χ1v) is 17.3. The molecule has 1 saturated carbocycles. The summed E-state index contributed by atoms with van der Waals surface area (Å²) in [5.41, 5.74) is -0.209. The average Bonchev–Trinajstić information content (AvgIpc) is 3.79. The van der Waals surface area contributed by atoms with E-state index in [1.54, 1.807) is 96.1 Å². The molecule has 1 aliphatic carbocycles. The van der Waals surface area contributed by atoms with Crippen LogP contribution < -0.4 is 20.8 Å². The maximum Gasteiger partial charge on any atom is 0.436 e. The number of anilines is 2. The highest BCUT2D eigenvalue weighted by molar-refractivity contribution is 6.03. The molecule has 4 aromatic rings. The second kappa shape index (κ2) is 15.7. The van der Waals surface area contributed by atoms with E-state index in [1.165, 1.54) is 4.90 Å². The number of amides is 3. The molecule has 11 nitrogen and oxygen atoms in total. The summed E-state index contributed by atoms with van der Waals surface area (Å²) in [5.74, 6) is -0.426. The van der Waals surface area contributed by atoms with E-state index in [-0.39, 0.29) is 12.6 Å². The molecule has 1 aliphatic rings. The fourth-order valence-electron chi connectivity index (χ4n) is 5.40. The Morgan fingerprint density at radius 3 is 2.13 bits per heavy atom. The first-order chi connectivity index (χ1) is 24.9. The summed E-state index contributed by atoms with van der Waals surface area (Å²) in [6.07, 6.45) is -4.25. The molecule has 282 valence electrons. The number of aromatic nitrogens is 2. The van der Waals surface area contributed by atoms with Crippen molar-refractivity contribution >= 4 is 29.5 Å². The standard InChI is InChI=1S/C39H45F3N6O5/c1-37(2,3)47(24-26-11-8-7-9-12-26)36(51)53-48-31(22-32(46-48)39(40,41)42)34(49)44-30-14-10-13-28(21-30)33(43-23-25-15-16-25)27-17-19-29(20-18-27)45-35(50)52-38(4,5)6/h7-14,17-22,25,33,43H,15-16,23-24H2,1-6H3,(H,44,49)(H,45,50). The van der Waals surface area contributed by atoms with Crippen LogP contribution in [0.1, 0.15) is 93.3 Å². The van der Waals surface area contributed by atoms with E-state index < -0.39 is 46.8 Å². The lowest BCUT2D eigenvalue weighted by Gasteiger charge is -2.34. The Morgan fingerprint density at radius 1 is 0.849 bits per heavy atom. The monoisotopic (exact) mass is 734 g/mol. The van der Waals surface area contributed by atoms with E-state index in [0.29, 0.717) is 28.2 Å². The predicted octanol–water partition coefficient (Wildman–Crippen LogP) is 8.44. The van der Waals surface area contributed by atoms with Crippen molar-refractivity contribution in [2.24, 2.45) is 5.92 Å². The first-order valence-electron chi connectivity index (χ1n) is 17.3. The van der Waals surface area contributed by atoms with Crippen LogP contribution >= 0.6 is 0 Å². The van der Waals surface area contributed by atoms with Gasteiger partial charge in [-0.2, -0.15) is 13.2 Å². The van der Waals surface area contributed by atoms with Gasteiger partial charge in [0.15, 0.2) is 11.4 Å². The number of nitrogens with zero attached hydrogens (tertiary/aromatic N) is 3. The third kappa shape index (κ3) is 11.1. The van der Waals surface area contributed by atoms with E-state index in [4.69, 9.17) is 9.57 Å². The van der Waals surface area contributed by atoms with E-state index in [0.717, 1.165) is 36.1 Å². The van der Waals surface area contributed by atoms with Crippen molar-refractivity contribution < 1.29 is 37.1 Å². The van der Waals surface area contributed by atoms with Crippen LogP contribution in [0.4, 0.5) is 34.1 Å². The van der Waals surface area contributed by atoms with E-state index in [9.17, 15) is 27.6 Å². The number of alkyl halides is 3. The topological polar surface area (TPSA) is 127 Å². The van der Waals surface area contributed by atoms with Crippen LogP contribution in [0.2, 0.25) is 0 Å². The van der Waals surface area contributed by atoms with Gasteiger partial charge < -0.3 is 15.4 Å². The molecule has 0 aliphatic heterocycles. The van der Waals surface area contributed by atoms with Crippen LogP contribution in [0.3, 0.4) is 0 Å². The van der Waals surface area contributed by atoms with E-state index in [1.807, 2.05) is 24.3 Å². The zero-order chi connectivity index (χ0) is 38.6. The van der Waals surface area contributed by atoms with Crippen molar-refractivity contribution in [2.75, 3.05) is 17.2 Å². The van der Waals surface area contributed by atoms with Gasteiger partial charge in [0.05, 0.1) is 6.04 Å². The number of halogens is 3. The van der Waals surface area contributed by atoms with Crippen molar-refractivity contribution in [3.8, 4) is 0 Å². The summed E-state index contributed by atoms with van der Waals surface area (Å²) in [4.78, 5) is 46.3. The molecule has 0 spiro atoms. The highest BCUT2D eigenvalue weighted by atomic mass is 19.4. The van der Waals surface area contributed by atoms with Crippen LogP contribution in [-0.2, 0) is 17.5 Å². The summed E-state index contributed by atoms with van der Waals surface area (Å²) in [6.45, 7) is 11.4. The summed E-state index contributed by atoms with van der Waals surface area (Å²) < 4.78 is 46.9. The summed E-state index contributed by atoms with van der Waals surface area (Å²) >= 11 is 0. The maximum atomic E-state index is 13.8. The van der Waals surface area contributed by atoms with Gasteiger partial charge in [0.1, 0.15) is 5.60 Å². The largest absolute Gasteiger partial charge is 0.444 e. The number of carbonyl (C=O) groups is 3. The second-order valence-corrected chi connectivity index (χ2v) is 15.0. The molecule has 14 heteroatoms. The number of benzene rings is 3. The number of carbonyl (C=O) groups excluding carboxylic acids is 3. The molecule has 3 aromatic carbocycles. The number of hydrogen-bond donors (Lipinski definition) is 3. The minimum atomic E-state index is -4.92. The van der Waals surface area contributed by atoms with Crippen LogP contribution in [0.15, 0.2) is 84.9 Å². The van der Waals surface area contributed by atoms with Crippen molar-refractivity contribution in [2.45, 2.75) is 84.3 Å². The highest BCUT2D eigenvalue weighted by Gasteiger charge is 2.38. The van der Waals surface area contributed by atoms with Gasteiger partial charge in [-0.05, 0) is 108 Å². The summed E-state index contributed by atoms with van der Waals surface area (Å²) in [7, 11) is 0. The van der Waals surface area contributed by atoms with Gasteiger partial charge in [-0.25, -0.2) is 9.59 Å². The molecule has 3 amide bonds. The van der Waals surface area contributed by atoms with E-state index in [2.05, 4.69) is 21.0 Å². The fourth-order valence-corrected chi connectivity index (χ4v) is 5.40.